The Morgan fingerprint density at radius 3 is 2.86 bits per heavy atom. The van der Waals surface area contributed by atoms with Gasteiger partial charge in [-0.15, -0.1) is 11.8 Å². The molecule has 0 radical (unpaired) electrons. The normalized spacial score (nSPS) is 9.93. The van der Waals surface area contributed by atoms with Gasteiger partial charge in [-0.1, -0.05) is 18.5 Å². The molecule has 0 saturated heterocycles. The molecule has 76 valence electrons. The number of ether oxygens (including phenoxy) is 1. The molecule has 0 aliphatic heterocycles. The van der Waals surface area contributed by atoms with Crippen LogP contribution in [0.1, 0.15) is 17.3 Å². The Bertz CT molecular complexity index is 339. The maximum absolute atomic E-state index is 11.2. The lowest BCUT2D eigenvalue weighted by Gasteiger charge is -2.04. The first-order valence-electron chi connectivity index (χ1n) is 4.19. The minimum Gasteiger partial charge on any atom is -0.465 e. The van der Waals surface area contributed by atoms with Crippen LogP contribution in [0.15, 0.2) is 23.1 Å². The van der Waals surface area contributed by atoms with Gasteiger partial charge in [0.2, 0.25) is 0 Å². The molecule has 0 saturated carbocycles. The molecule has 0 aromatic heterocycles. The van der Waals surface area contributed by atoms with Crippen molar-refractivity contribution in [2.45, 2.75) is 11.8 Å². The summed E-state index contributed by atoms with van der Waals surface area (Å²) in [6.45, 7) is 2.03. The van der Waals surface area contributed by atoms with Crippen molar-refractivity contribution in [1.82, 2.24) is 0 Å². The number of carbonyl (C=O) groups excluding carboxylic acids is 1. The van der Waals surface area contributed by atoms with Crippen LogP contribution in [-0.2, 0) is 4.74 Å². The highest BCUT2D eigenvalue weighted by Gasteiger charge is 2.08. The topological polar surface area (TPSA) is 26.3 Å². The lowest BCUT2D eigenvalue weighted by Crippen LogP contribution is -2.00. The Kier molecular flexibility index (Phi) is 4.29. The number of hydrogen-bond donors (Lipinski definition) is 0. The van der Waals surface area contributed by atoms with E-state index in [1.807, 2.05) is 6.92 Å². The predicted octanol–water partition coefficient (Wildman–Crippen LogP) is 3.24. The van der Waals surface area contributed by atoms with Crippen LogP contribution >= 0.6 is 23.4 Å². The molecule has 1 aromatic carbocycles. The summed E-state index contributed by atoms with van der Waals surface area (Å²) in [6, 6.07) is 5.13. The molecule has 0 atom stereocenters. The summed E-state index contributed by atoms with van der Waals surface area (Å²) in [5.74, 6) is 0.587. The van der Waals surface area contributed by atoms with Gasteiger partial charge in [-0.05, 0) is 24.0 Å². The monoisotopic (exact) mass is 230 g/mol. The van der Waals surface area contributed by atoms with E-state index >= 15 is 0 Å². The molecule has 2 nitrogen and oxygen atoms in total. The van der Waals surface area contributed by atoms with Gasteiger partial charge < -0.3 is 4.74 Å². The molecule has 1 rings (SSSR count). The summed E-state index contributed by atoms with van der Waals surface area (Å²) < 4.78 is 4.62. The highest BCUT2D eigenvalue weighted by atomic mass is 35.5. The smallest absolute Gasteiger partial charge is 0.337 e. The molecule has 0 amide bonds. The molecule has 0 bridgehead atoms. The molecule has 4 heteroatoms. The van der Waals surface area contributed by atoms with Crippen molar-refractivity contribution in [2.24, 2.45) is 0 Å². The summed E-state index contributed by atoms with van der Waals surface area (Å²) in [6.07, 6.45) is 0. The first-order valence-corrected chi connectivity index (χ1v) is 5.56. The van der Waals surface area contributed by atoms with E-state index in [9.17, 15) is 4.79 Å². The SMILES string of the molecule is CCSc1cc(C(=O)OC)ccc1Cl. The zero-order valence-electron chi connectivity index (χ0n) is 8.04. The lowest BCUT2D eigenvalue weighted by molar-refractivity contribution is 0.0600. The summed E-state index contributed by atoms with van der Waals surface area (Å²) in [5, 5.41) is 0.671. The number of benzene rings is 1. The summed E-state index contributed by atoms with van der Waals surface area (Å²) in [4.78, 5) is 12.1. The van der Waals surface area contributed by atoms with E-state index in [4.69, 9.17) is 11.6 Å². The van der Waals surface area contributed by atoms with Gasteiger partial charge in [0.1, 0.15) is 0 Å². The number of halogens is 1. The van der Waals surface area contributed by atoms with Gasteiger partial charge in [-0.25, -0.2) is 4.79 Å². The molecule has 1 aromatic rings. The lowest BCUT2D eigenvalue weighted by atomic mass is 10.2. The minimum atomic E-state index is -0.334. The number of thioether (sulfide) groups is 1. The zero-order valence-corrected chi connectivity index (χ0v) is 9.61. The van der Waals surface area contributed by atoms with Crippen LogP contribution < -0.4 is 0 Å². The molecule has 0 unspecified atom stereocenters. The van der Waals surface area contributed by atoms with E-state index in [2.05, 4.69) is 4.74 Å². The quantitative estimate of drug-likeness (QED) is 0.589. The first kappa shape index (κ1) is 11.4. The molecule has 0 heterocycles. The van der Waals surface area contributed by atoms with Crippen LogP contribution in [0.5, 0.6) is 0 Å². The highest BCUT2D eigenvalue weighted by molar-refractivity contribution is 7.99. The third-order valence-corrected chi connectivity index (χ3v) is 3.03. The van der Waals surface area contributed by atoms with Crippen molar-refractivity contribution >= 4 is 29.3 Å². The standard InChI is InChI=1S/C10H11ClO2S/c1-3-14-9-6-7(10(12)13-2)4-5-8(9)11/h4-6H,3H2,1-2H3. The molecule has 0 spiro atoms. The summed E-state index contributed by atoms with van der Waals surface area (Å²) in [7, 11) is 1.36. The summed E-state index contributed by atoms with van der Waals surface area (Å²) in [5.41, 5.74) is 0.535. The van der Waals surface area contributed by atoms with Gasteiger partial charge in [-0.3, -0.25) is 0 Å². The van der Waals surface area contributed by atoms with Crippen LogP contribution in [-0.4, -0.2) is 18.8 Å². The number of hydrogen-bond acceptors (Lipinski definition) is 3. The molecular weight excluding hydrogens is 220 g/mol. The van der Waals surface area contributed by atoms with E-state index in [0.717, 1.165) is 10.6 Å². The Balaban J connectivity index is 2.99. The molecule has 0 fully saturated rings. The van der Waals surface area contributed by atoms with Crippen molar-refractivity contribution < 1.29 is 9.53 Å². The molecular formula is C10H11ClO2S. The second-order valence-electron chi connectivity index (χ2n) is 2.57. The number of esters is 1. The third kappa shape index (κ3) is 2.66. The summed E-state index contributed by atoms with van der Waals surface area (Å²) >= 11 is 7.55. The van der Waals surface area contributed by atoms with E-state index in [1.165, 1.54) is 7.11 Å². The Morgan fingerprint density at radius 2 is 2.29 bits per heavy atom. The van der Waals surface area contributed by atoms with Crippen molar-refractivity contribution in [2.75, 3.05) is 12.9 Å². The van der Waals surface area contributed by atoms with Gasteiger partial charge in [0.05, 0.1) is 17.7 Å². The van der Waals surface area contributed by atoms with Crippen LogP contribution in [0, 0.1) is 0 Å². The predicted molar refractivity (Wildman–Crippen MR) is 59.2 cm³/mol. The van der Waals surface area contributed by atoms with Crippen LogP contribution in [0.4, 0.5) is 0 Å². The maximum atomic E-state index is 11.2. The third-order valence-electron chi connectivity index (χ3n) is 1.65. The van der Waals surface area contributed by atoms with Crippen molar-refractivity contribution in [1.29, 1.82) is 0 Å². The average molecular weight is 231 g/mol. The molecule has 0 aliphatic carbocycles. The zero-order chi connectivity index (χ0) is 10.6. The molecule has 14 heavy (non-hydrogen) atoms. The Hall–Kier alpha value is -0.670. The first-order chi connectivity index (χ1) is 6.69. The number of rotatable bonds is 3. The van der Waals surface area contributed by atoms with Gasteiger partial charge in [-0.2, -0.15) is 0 Å². The minimum absolute atomic E-state index is 0.334. The van der Waals surface area contributed by atoms with Crippen molar-refractivity contribution in [3.8, 4) is 0 Å². The molecule has 0 aliphatic rings. The Labute approximate surface area is 92.6 Å². The van der Waals surface area contributed by atoms with Crippen LogP contribution in [0.25, 0.3) is 0 Å². The Morgan fingerprint density at radius 1 is 1.57 bits per heavy atom. The van der Waals surface area contributed by atoms with E-state index in [0.29, 0.717) is 10.6 Å². The van der Waals surface area contributed by atoms with Crippen LogP contribution in [0.3, 0.4) is 0 Å². The largest absolute Gasteiger partial charge is 0.465 e. The number of methoxy groups -OCH3 is 1. The van der Waals surface area contributed by atoms with Crippen LogP contribution in [0.2, 0.25) is 5.02 Å². The maximum Gasteiger partial charge on any atom is 0.337 e. The van der Waals surface area contributed by atoms with E-state index in [1.54, 1.807) is 30.0 Å². The second-order valence-corrected chi connectivity index (χ2v) is 4.28. The second kappa shape index (κ2) is 5.27. The fourth-order valence-corrected chi connectivity index (χ4v) is 2.02. The van der Waals surface area contributed by atoms with Gasteiger partial charge in [0.25, 0.3) is 0 Å². The highest BCUT2D eigenvalue weighted by Crippen LogP contribution is 2.27. The van der Waals surface area contributed by atoms with Gasteiger partial charge in [0.15, 0.2) is 0 Å². The average Bonchev–Trinajstić information content (AvgIpc) is 2.20. The molecule has 0 N–H and O–H groups in total. The number of carbonyl (C=O) groups is 1. The van der Waals surface area contributed by atoms with E-state index in [-0.39, 0.29) is 5.97 Å². The van der Waals surface area contributed by atoms with E-state index < -0.39 is 0 Å². The van der Waals surface area contributed by atoms with Gasteiger partial charge >= 0.3 is 5.97 Å². The van der Waals surface area contributed by atoms with Gasteiger partial charge in [0, 0.05) is 4.90 Å². The van der Waals surface area contributed by atoms with Crippen molar-refractivity contribution in [3.05, 3.63) is 28.8 Å². The van der Waals surface area contributed by atoms with Crippen molar-refractivity contribution in [3.63, 3.8) is 0 Å². The fourth-order valence-electron chi connectivity index (χ4n) is 1.01. The fraction of sp³-hybridized carbons (Fsp3) is 0.300.